The van der Waals surface area contributed by atoms with Crippen LogP contribution in [0.25, 0.3) is 0 Å². The molecular formula is C8H14N2O4S. The fraction of sp³-hybridized carbons (Fsp3) is 0.875. The number of carbonyl (C=O) groups is 1. The van der Waals surface area contributed by atoms with Crippen molar-refractivity contribution < 1.29 is 18.3 Å². The van der Waals surface area contributed by atoms with Crippen LogP contribution in [0.15, 0.2) is 0 Å². The number of carboxylic acid groups (broad SMARTS) is 1. The minimum Gasteiger partial charge on any atom is -0.480 e. The molecule has 1 N–H and O–H groups in total. The van der Waals surface area contributed by atoms with E-state index in [9.17, 15) is 13.2 Å². The first-order chi connectivity index (χ1) is 6.99. The van der Waals surface area contributed by atoms with Gasteiger partial charge in [0.1, 0.15) is 5.88 Å². The van der Waals surface area contributed by atoms with E-state index < -0.39 is 16.0 Å². The molecule has 0 atom stereocenters. The predicted octanol–water partition coefficient (Wildman–Crippen LogP) is -0.862. The Labute approximate surface area is 88.5 Å². The van der Waals surface area contributed by atoms with Crippen molar-refractivity contribution in [2.75, 3.05) is 25.5 Å². The van der Waals surface area contributed by atoms with E-state index in [2.05, 4.69) is 0 Å². The Hall–Kier alpha value is -0.660. The Morgan fingerprint density at radius 2 is 2.00 bits per heavy atom. The van der Waals surface area contributed by atoms with Gasteiger partial charge in [-0.05, 0) is 12.8 Å². The summed E-state index contributed by atoms with van der Waals surface area (Å²) in [5, 5.41) is 8.57. The highest BCUT2D eigenvalue weighted by Gasteiger charge is 2.40. The molecule has 86 valence electrons. The van der Waals surface area contributed by atoms with E-state index in [1.165, 1.54) is 9.21 Å². The van der Waals surface area contributed by atoms with E-state index in [0.717, 1.165) is 12.8 Å². The first-order valence-corrected chi connectivity index (χ1v) is 6.53. The van der Waals surface area contributed by atoms with Crippen LogP contribution in [-0.2, 0) is 14.8 Å². The molecule has 0 aromatic heterocycles. The maximum Gasteiger partial charge on any atom is 0.317 e. The lowest BCUT2D eigenvalue weighted by Gasteiger charge is -2.33. The monoisotopic (exact) mass is 234 g/mol. The Morgan fingerprint density at radius 3 is 2.47 bits per heavy atom. The molecule has 0 aromatic carbocycles. The van der Waals surface area contributed by atoms with Gasteiger partial charge in [0.05, 0.1) is 6.54 Å². The van der Waals surface area contributed by atoms with Crippen molar-refractivity contribution in [3.63, 3.8) is 0 Å². The second-order valence-corrected chi connectivity index (χ2v) is 5.92. The molecule has 0 unspecified atom stereocenters. The molecule has 7 heteroatoms. The van der Waals surface area contributed by atoms with Gasteiger partial charge in [0.2, 0.25) is 10.0 Å². The minimum atomic E-state index is -3.26. The molecule has 0 spiro atoms. The van der Waals surface area contributed by atoms with Crippen LogP contribution in [0.2, 0.25) is 0 Å². The van der Waals surface area contributed by atoms with Crippen LogP contribution in [0.5, 0.6) is 0 Å². The zero-order valence-electron chi connectivity index (χ0n) is 8.29. The van der Waals surface area contributed by atoms with Crippen LogP contribution in [0.3, 0.4) is 0 Å². The van der Waals surface area contributed by atoms with Crippen molar-refractivity contribution in [2.24, 2.45) is 0 Å². The molecule has 1 aliphatic heterocycles. The Morgan fingerprint density at radius 1 is 1.33 bits per heavy atom. The fourth-order valence-electron chi connectivity index (χ4n) is 1.84. The Balaban J connectivity index is 2.01. The summed E-state index contributed by atoms with van der Waals surface area (Å²) in [4.78, 5) is 11.9. The topological polar surface area (TPSA) is 77.9 Å². The van der Waals surface area contributed by atoms with Gasteiger partial charge in [-0.1, -0.05) is 0 Å². The van der Waals surface area contributed by atoms with Gasteiger partial charge in [0, 0.05) is 19.1 Å². The summed E-state index contributed by atoms with van der Waals surface area (Å²) < 4.78 is 25.0. The van der Waals surface area contributed by atoms with Gasteiger partial charge in [-0.3, -0.25) is 9.69 Å². The standard InChI is InChI=1S/C8H14N2O4S/c11-8(12)5-9-3-4-10(7-1-2-7)15(13,14)6-9/h7H,1-6H2,(H,11,12). The summed E-state index contributed by atoms with van der Waals surface area (Å²) in [6.07, 6.45) is 1.89. The molecule has 2 aliphatic rings. The maximum absolute atomic E-state index is 11.7. The number of hydrogen-bond acceptors (Lipinski definition) is 4. The summed E-state index contributed by atoms with van der Waals surface area (Å²) in [5.41, 5.74) is 0. The van der Waals surface area contributed by atoms with E-state index in [0.29, 0.717) is 13.1 Å². The van der Waals surface area contributed by atoms with Crippen molar-refractivity contribution in [2.45, 2.75) is 18.9 Å². The average molecular weight is 234 g/mol. The quantitative estimate of drug-likeness (QED) is 0.687. The minimum absolute atomic E-state index is 0.157. The van der Waals surface area contributed by atoms with Gasteiger partial charge in [0.25, 0.3) is 0 Å². The number of carboxylic acids is 1. The molecule has 1 heterocycles. The van der Waals surface area contributed by atoms with Crippen molar-refractivity contribution >= 4 is 16.0 Å². The van der Waals surface area contributed by atoms with Crippen LogP contribution >= 0.6 is 0 Å². The van der Waals surface area contributed by atoms with Gasteiger partial charge < -0.3 is 5.11 Å². The Kier molecular flexibility index (Phi) is 2.70. The number of aliphatic carboxylic acids is 1. The maximum atomic E-state index is 11.7. The van der Waals surface area contributed by atoms with Gasteiger partial charge in [-0.2, -0.15) is 4.31 Å². The summed E-state index contributed by atoms with van der Waals surface area (Å²) >= 11 is 0. The van der Waals surface area contributed by atoms with Crippen LogP contribution in [0.4, 0.5) is 0 Å². The molecule has 0 radical (unpaired) electrons. The second kappa shape index (κ2) is 3.73. The summed E-state index contributed by atoms with van der Waals surface area (Å²) in [7, 11) is -3.26. The highest BCUT2D eigenvalue weighted by Crippen LogP contribution is 2.30. The van der Waals surface area contributed by atoms with Gasteiger partial charge in [-0.15, -0.1) is 0 Å². The molecule has 1 saturated heterocycles. The molecule has 0 aromatic rings. The summed E-state index contributed by atoms with van der Waals surface area (Å²) in [6, 6.07) is 0.182. The molecule has 0 bridgehead atoms. The molecule has 1 saturated carbocycles. The third kappa shape index (κ3) is 2.47. The van der Waals surface area contributed by atoms with Crippen molar-refractivity contribution in [3.8, 4) is 0 Å². The molecule has 0 amide bonds. The summed E-state index contributed by atoms with van der Waals surface area (Å²) in [5.74, 6) is -1.14. The normalized spacial score (nSPS) is 27.7. The van der Waals surface area contributed by atoms with E-state index >= 15 is 0 Å². The molecule has 2 fully saturated rings. The lowest BCUT2D eigenvalue weighted by molar-refractivity contribution is -0.138. The SMILES string of the molecule is O=C(O)CN1CCN(C2CC2)S(=O)(=O)C1. The number of rotatable bonds is 3. The Bertz CT molecular complexity index is 363. The van der Waals surface area contributed by atoms with Crippen LogP contribution in [0.1, 0.15) is 12.8 Å². The van der Waals surface area contributed by atoms with E-state index in [4.69, 9.17) is 5.11 Å². The highest BCUT2D eigenvalue weighted by atomic mass is 32.2. The highest BCUT2D eigenvalue weighted by molar-refractivity contribution is 7.89. The molecule has 2 rings (SSSR count). The molecular weight excluding hydrogens is 220 g/mol. The van der Waals surface area contributed by atoms with Gasteiger partial charge in [0.15, 0.2) is 0 Å². The summed E-state index contributed by atoms with van der Waals surface area (Å²) in [6.45, 7) is 0.750. The largest absolute Gasteiger partial charge is 0.480 e. The first-order valence-electron chi connectivity index (χ1n) is 4.93. The fourth-order valence-corrected chi connectivity index (χ4v) is 3.69. The molecule has 1 aliphatic carbocycles. The predicted molar refractivity (Wildman–Crippen MR) is 52.7 cm³/mol. The van der Waals surface area contributed by atoms with Crippen molar-refractivity contribution in [1.82, 2.24) is 9.21 Å². The van der Waals surface area contributed by atoms with E-state index in [-0.39, 0.29) is 18.5 Å². The van der Waals surface area contributed by atoms with Gasteiger partial charge >= 0.3 is 5.97 Å². The van der Waals surface area contributed by atoms with Crippen LogP contribution < -0.4 is 0 Å². The van der Waals surface area contributed by atoms with Crippen molar-refractivity contribution in [1.29, 1.82) is 0 Å². The molecule has 6 nitrogen and oxygen atoms in total. The third-order valence-electron chi connectivity index (χ3n) is 2.65. The lowest BCUT2D eigenvalue weighted by Crippen LogP contribution is -2.51. The zero-order valence-corrected chi connectivity index (χ0v) is 9.11. The number of hydrogen-bond donors (Lipinski definition) is 1. The number of sulfonamides is 1. The van der Waals surface area contributed by atoms with Crippen molar-refractivity contribution in [3.05, 3.63) is 0 Å². The second-order valence-electron chi connectivity index (χ2n) is 4.03. The third-order valence-corrected chi connectivity index (χ3v) is 4.54. The van der Waals surface area contributed by atoms with Gasteiger partial charge in [-0.25, -0.2) is 8.42 Å². The van der Waals surface area contributed by atoms with E-state index in [1.54, 1.807) is 0 Å². The van der Waals surface area contributed by atoms with Crippen LogP contribution in [0, 0.1) is 0 Å². The molecule has 15 heavy (non-hydrogen) atoms. The first kappa shape index (κ1) is 10.8. The smallest absolute Gasteiger partial charge is 0.317 e. The average Bonchev–Trinajstić information content (AvgIpc) is 2.84. The lowest BCUT2D eigenvalue weighted by atomic mass is 10.5. The van der Waals surface area contributed by atoms with E-state index in [1.807, 2.05) is 0 Å². The van der Waals surface area contributed by atoms with Crippen LogP contribution in [-0.4, -0.2) is 60.3 Å². The number of nitrogens with zero attached hydrogens (tertiary/aromatic N) is 2. The zero-order chi connectivity index (χ0) is 11.1.